The van der Waals surface area contributed by atoms with Gasteiger partial charge in [0.05, 0.1) is 12.1 Å². The molecule has 0 radical (unpaired) electrons. The molecule has 0 saturated carbocycles. The van der Waals surface area contributed by atoms with Crippen molar-refractivity contribution >= 4 is 12.2 Å². The Hall–Kier alpha value is -1.72. The van der Waals surface area contributed by atoms with Gasteiger partial charge >= 0.3 is 12.2 Å². The molecule has 2 amide bonds. The van der Waals surface area contributed by atoms with Gasteiger partial charge in [0.1, 0.15) is 5.60 Å². The zero-order valence-electron chi connectivity index (χ0n) is 14.3. The van der Waals surface area contributed by atoms with Gasteiger partial charge in [0, 0.05) is 5.54 Å². The second-order valence-electron chi connectivity index (χ2n) is 7.59. The zero-order chi connectivity index (χ0) is 17.1. The largest absolute Gasteiger partial charge is 0.465 e. The average molecular weight is 312 g/mol. The minimum atomic E-state index is -0.983. The van der Waals surface area contributed by atoms with Gasteiger partial charge in [-0.3, -0.25) is 4.90 Å². The van der Waals surface area contributed by atoms with E-state index in [-0.39, 0.29) is 12.1 Å². The van der Waals surface area contributed by atoms with Gasteiger partial charge in [0.25, 0.3) is 0 Å². The van der Waals surface area contributed by atoms with Gasteiger partial charge in [0.2, 0.25) is 0 Å². The van der Waals surface area contributed by atoms with E-state index in [9.17, 15) is 14.7 Å². The zero-order valence-corrected chi connectivity index (χ0v) is 14.3. The molecule has 0 bridgehead atoms. The summed E-state index contributed by atoms with van der Waals surface area (Å²) in [5.74, 6) is 0. The van der Waals surface area contributed by atoms with Crippen LogP contribution in [0.1, 0.15) is 54.4 Å². The first-order valence-electron chi connectivity index (χ1n) is 7.58. The molecule has 0 aromatic rings. The summed E-state index contributed by atoms with van der Waals surface area (Å²) >= 11 is 0. The van der Waals surface area contributed by atoms with Crippen LogP contribution in [0, 0.1) is 0 Å². The second-order valence-corrected chi connectivity index (χ2v) is 7.59. The Morgan fingerprint density at radius 3 is 2.14 bits per heavy atom. The van der Waals surface area contributed by atoms with Gasteiger partial charge in [-0.1, -0.05) is 12.2 Å². The predicted molar refractivity (Wildman–Crippen MR) is 84.9 cm³/mol. The third-order valence-corrected chi connectivity index (χ3v) is 3.36. The van der Waals surface area contributed by atoms with Crippen LogP contribution in [0.4, 0.5) is 9.59 Å². The van der Waals surface area contributed by atoms with Crippen LogP contribution in [-0.4, -0.2) is 45.4 Å². The Balaban J connectivity index is 2.90. The molecule has 6 heteroatoms. The van der Waals surface area contributed by atoms with E-state index < -0.39 is 23.3 Å². The van der Waals surface area contributed by atoms with E-state index in [0.717, 1.165) is 0 Å². The average Bonchev–Trinajstić information content (AvgIpc) is 2.26. The maximum Gasteiger partial charge on any atom is 0.408 e. The summed E-state index contributed by atoms with van der Waals surface area (Å²) in [4.78, 5) is 25.1. The normalized spacial score (nSPS) is 22.1. The standard InChI is InChI=1S/C16H28N2O4/c1-15(2,3)18(14(20)21)12-10-8-7-9-11(12)17-13(19)22-16(4,5)6/h7-8,11-12H,9-10H2,1-6H3,(H,17,19)(H,20,21)/t11-,12?/m0/s1. The van der Waals surface area contributed by atoms with Crippen LogP contribution in [0.5, 0.6) is 0 Å². The van der Waals surface area contributed by atoms with Gasteiger partial charge in [-0.25, -0.2) is 9.59 Å². The number of nitrogens with one attached hydrogen (secondary N) is 1. The summed E-state index contributed by atoms with van der Waals surface area (Å²) in [6.45, 7) is 10.9. The van der Waals surface area contributed by atoms with Crippen LogP contribution in [0.3, 0.4) is 0 Å². The summed E-state index contributed by atoms with van der Waals surface area (Å²) in [7, 11) is 0. The van der Waals surface area contributed by atoms with E-state index in [0.29, 0.717) is 12.8 Å². The fraction of sp³-hybridized carbons (Fsp3) is 0.750. The molecule has 0 aromatic carbocycles. The van der Waals surface area contributed by atoms with Crippen molar-refractivity contribution in [3.8, 4) is 0 Å². The molecular formula is C16H28N2O4. The van der Waals surface area contributed by atoms with Crippen molar-refractivity contribution < 1.29 is 19.4 Å². The summed E-state index contributed by atoms with van der Waals surface area (Å²) in [5, 5.41) is 12.4. The smallest absolute Gasteiger partial charge is 0.408 e. The molecule has 0 heterocycles. The van der Waals surface area contributed by atoms with E-state index >= 15 is 0 Å². The first kappa shape index (κ1) is 18.3. The number of carbonyl (C=O) groups excluding carboxylic acids is 1. The minimum Gasteiger partial charge on any atom is -0.465 e. The Labute approximate surface area is 132 Å². The van der Waals surface area contributed by atoms with Crippen LogP contribution in [-0.2, 0) is 4.74 Å². The van der Waals surface area contributed by atoms with Crippen molar-refractivity contribution in [1.29, 1.82) is 0 Å². The number of carbonyl (C=O) groups is 2. The SMILES string of the molecule is CC(C)(C)OC(=O)N[C@H]1CC=CCC1N(C(=O)O)C(C)(C)C. The Morgan fingerprint density at radius 2 is 1.68 bits per heavy atom. The molecule has 2 N–H and O–H groups in total. The summed E-state index contributed by atoms with van der Waals surface area (Å²) in [6, 6.07) is -0.606. The third-order valence-electron chi connectivity index (χ3n) is 3.36. The fourth-order valence-corrected chi connectivity index (χ4v) is 2.63. The molecule has 0 aromatic heterocycles. The number of nitrogens with zero attached hydrogens (tertiary/aromatic N) is 1. The van der Waals surface area contributed by atoms with E-state index in [2.05, 4.69) is 5.32 Å². The van der Waals surface area contributed by atoms with Crippen molar-refractivity contribution in [2.45, 2.75) is 77.6 Å². The number of carboxylic acid groups (broad SMARTS) is 1. The lowest BCUT2D eigenvalue weighted by molar-refractivity contribution is 0.0343. The van der Waals surface area contributed by atoms with Crippen LogP contribution in [0.25, 0.3) is 0 Å². The van der Waals surface area contributed by atoms with Gasteiger partial charge in [-0.15, -0.1) is 0 Å². The Kier molecular flexibility index (Phi) is 5.49. The lowest BCUT2D eigenvalue weighted by Gasteiger charge is -2.44. The van der Waals surface area contributed by atoms with Gasteiger partial charge in [-0.2, -0.15) is 0 Å². The Bertz CT molecular complexity index is 446. The third kappa shape index (κ3) is 5.24. The molecule has 126 valence electrons. The summed E-state index contributed by atoms with van der Waals surface area (Å²) < 4.78 is 5.27. The molecule has 1 aliphatic rings. The molecule has 0 aliphatic heterocycles. The number of ether oxygens (including phenoxy) is 1. The quantitative estimate of drug-likeness (QED) is 0.766. The number of hydrogen-bond acceptors (Lipinski definition) is 3. The van der Waals surface area contributed by atoms with Crippen molar-refractivity contribution in [1.82, 2.24) is 10.2 Å². The van der Waals surface area contributed by atoms with E-state index in [1.807, 2.05) is 32.9 Å². The van der Waals surface area contributed by atoms with Crippen LogP contribution < -0.4 is 5.32 Å². The molecular weight excluding hydrogens is 284 g/mol. The maximum absolute atomic E-state index is 12.0. The molecule has 0 fully saturated rings. The van der Waals surface area contributed by atoms with Crippen molar-refractivity contribution in [2.75, 3.05) is 0 Å². The van der Waals surface area contributed by atoms with Gasteiger partial charge < -0.3 is 15.2 Å². The van der Waals surface area contributed by atoms with E-state index in [1.54, 1.807) is 20.8 Å². The molecule has 0 spiro atoms. The first-order chi connectivity index (χ1) is 9.92. The Morgan fingerprint density at radius 1 is 1.14 bits per heavy atom. The second kappa shape index (κ2) is 6.58. The highest BCUT2D eigenvalue weighted by Crippen LogP contribution is 2.26. The van der Waals surface area contributed by atoms with E-state index in [4.69, 9.17) is 4.74 Å². The van der Waals surface area contributed by atoms with Gasteiger partial charge in [-0.05, 0) is 54.4 Å². The fourth-order valence-electron chi connectivity index (χ4n) is 2.63. The van der Waals surface area contributed by atoms with Crippen molar-refractivity contribution in [2.24, 2.45) is 0 Å². The molecule has 22 heavy (non-hydrogen) atoms. The number of rotatable bonds is 2. The highest BCUT2D eigenvalue weighted by molar-refractivity contribution is 5.69. The summed E-state index contributed by atoms with van der Waals surface area (Å²) in [6.07, 6.45) is 3.58. The lowest BCUT2D eigenvalue weighted by Crippen LogP contribution is -2.60. The highest BCUT2D eigenvalue weighted by Gasteiger charge is 2.38. The number of amides is 2. The van der Waals surface area contributed by atoms with E-state index in [1.165, 1.54) is 4.90 Å². The van der Waals surface area contributed by atoms with Crippen LogP contribution >= 0.6 is 0 Å². The highest BCUT2D eigenvalue weighted by atomic mass is 16.6. The first-order valence-corrected chi connectivity index (χ1v) is 7.58. The molecule has 0 saturated heterocycles. The van der Waals surface area contributed by atoms with Crippen molar-refractivity contribution in [3.63, 3.8) is 0 Å². The predicted octanol–water partition coefficient (Wildman–Crippen LogP) is 3.38. The molecule has 1 rings (SSSR count). The number of hydrogen-bond donors (Lipinski definition) is 2. The molecule has 2 atom stereocenters. The summed E-state index contributed by atoms with van der Waals surface area (Å²) in [5.41, 5.74) is -1.13. The topological polar surface area (TPSA) is 78.9 Å². The minimum absolute atomic E-state index is 0.296. The monoisotopic (exact) mass is 312 g/mol. The molecule has 1 aliphatic carbocycles. The molecule has 6 nitrogen and oxygen atoms in total. The maximum atomic E-state index is 12.0. The number of alkyl carbamates (subject to hydrolysis) is 1. The lowest BCUT2D eigenvalue weighted by atomic mass is 9.91. The van der Waals surface area contributed by atoms with Crippen LogP contribution in [0.15, 0.2) is 12.2 Å². The van der Waals surface area contributed by atoms with Gasteiger partial charge in [0.15, 0.2) is 0 Å². The molecule has 1 unspecified atom stereocenters. The van der Waals surface area contributed by atoms with Crippen molar-refractivity contribution in [3.05, 3.63) is 12.2 Å². The van der Waals surface area contributed by atoms with Crippen LogP contribution in [0.2, 0.25) is 0 Å².